The number of amides is 1. The van der Waals surface area contributed by atoms with Crippen molar-refractivity contribution in [3.05, 3.63) is 66.5 Å². The first-order valence-corrected chi connectivity index (χ1v) is 11.6. The molecule has 4 aromatic rings. The maximum absolute atomic E-state index is 13.6. The second kappa shape index (κ2) is 10.1. The van der Waals surface area contributed by atoms with E-state index in [2.05, 4.69) is 23.7 Å². The standard InChI is InChI=1S/C25H26FN3O2S/c1-3-28(4-2)13-14-29(25-27-22-12-10-20(26)16-23(22)32-25)24(30)17-31-21-11-9-18-7-5-6-8-19(18)15-21/h5-12,15-16H,3-4,13-14,17H2,1-2H3. The van der Waals surface area contributed by atoms with E-state index in [1.807, 2.05) is 42.5 Å². The summed E-state index contributed by atoms with van der Waals surface area (Å²) in [5.41, 5.74) is 0.683. The molecule has 0 atom stereocenters. The van der Waals surface area contributed by atoms with Crippen LogP contribution in [0.3, 0.4) is 0 Å². The number of nitrogens with zero attached hydrogens (tertiary/aromatic N) is 3. The number of fused-ring (bicyclic) bond motifs is 2. The van der Waals surface area contributed by atoms with Crippen molar-refractivity contribution < 1.29 is 13.9 Å². The molecule has 4 rings (SSSR count). The van der Waals surface area contributed by atoms with Crippen LogP contribution in [0.1, 0.15) is 13.8 Å². The average molecular weight is 452 g/mol. The highest BCUT2D eigenvalue weighted by atomic mass is 32.1. The molecule has 1 aromatic heterocycles. The molecule has 0 aliphatic rings. The number of ether oxygens (including phenoxy) is 1. The Morgan fingerprint density at radius 3 is 2.56 bits per heavy atom. The molecule has 0 spiro atoms. The highest BCUT2D eigenvalue weighted by Crippen LogP contribution is 2.29. The van der Waals surface area contributed by atoms with Crippen molar-refractivity contribution in [1.29, 1.82) is 0 Å². The van der Waals surface area contributed by atoms with Crippen molar-refractivity contribution >= 4 is 43.4 Å². The molecule has 0 aliphatic carbocycles. The molecular formula is C25H26FN3O2S. The van der Waals surface area contributed by atoms with Gasteiger partial charge in [-0.15, -0.1) is 0 Å². The van der Waals surface area contributed by atoms with Crippen LogP contribution in [0, 0.1) is 5.82 Å². The summed E-state index contributed by atoms with van der Waals surface area (Å²) in [6, 6.07) is 18.3. The van der Waals surface area contributed by atoms with Gasteiger partial charge >= 0.3 is 0 Å². The van der Waals surface area contributed by atoms with Crippen LogP contribution in [0.15, 0.2) is 60.7 Å². The fraction of sp³-hybridized carbons (Fsp3) is 0.280. The minimum Gasteiger partial charge on any atom is -0.484 e. The third-order valence-electron chi connectivity index (χ3n) is 5.49. The number of hydrogen-bond acceptors (Lipinski definition) is 5. The number of likely N-dealkylation sites (N-methyl/N-ethyl adjacent to an activating group) is 1. The number of rotatable bonds is 9. The van der Waals surface area contributed by atoms with E-state index in [-0.39, 0.29) is 18.3 Å². The number of aromatic nitrogens is 1. The van der Waals surface area contributed by atoms with Crippen molar-refractivity contribution in [2.75, 3.05) is 37.7 Å². The first kappa shape index (κ1) is 22.2. The van der Waals surface area contributed by atoms with E-state index in [9.17, 15) is 9.18 Å². The summed E-state index contributed by atoms with van der Waals surface area (Å²) in [5.74, 6) is 0.158. The molecule has 0 aliphatic heterocycles. The molecule has 0 saturated heterocycles. The van der Waals surface area contributed by atoms with Gasteiger partial charge in [0.25, 0.3) is 5.91 Å². The summed E-state index contributed by atoms with van der Waals surface area (Å²) in [5, 5.41) is 2.74. The van der Waals surface area contributed by atoms with Gasteiger partial charge in [0.1, 0.15) is 11.6 Å². The van der Waals surface area contributed by atoms with Crippen molar-refractivity contribution in [1.82, 2.24) is 9.88 Å². The van der Waals surface area contributed by atoms with E-state index in [0.29, 0.717) is 22.9 Å². The molecule has 32 heavy (non-hydrogen) atoms. The van der Waals surface area contributed by atoms with Gasteiger partial charge in [-0.05, 0) is 54.2 Å². The van der Waals surface area contributed by atoms with Crippen LogP contribution in [-0.4, -0.2) is 48.6 Å². The third-order valence-corrected chi connectivity index (χ3v) is 6.53. The lowest BCUT2D eigenvalue weighted by Gasteiger charge is -2.24. The lowest BCUT2D eigenvalue weighted by molar-refractivity contribution is -0.120. The van der Waals surface area contributed by atoms with Crippen molar-refractivity contribution in [2.45, 2.75) is 13.8 Å². The molecule has 1 heterocycles. The Morgan fingerprint density at radius 2 is 1.78 bits per heavy atom. The van der Waals surface area contributed by atoms with Crippen molar-refractivity contribution in [3.8, 4) is 5.75 Å². The Morgan fingerprint density at radius 1 is 1.00 bits per heavy atom. The second-order valence-electron chi connectivity index (χ2n) is 7.48. The third kappa shape index (κ3) is 5.06. The smallest absolute Gasteiger partial charge is 0.266 e. The first-order chi connectivity index (χ1) is 15.6. The Labute approximate surface area is 191 Å². The van der Waals surface area contributed by atoms with Gasteiger partial charge in [0.2, 0.25) is 0 Å². The molecule has 1 amide bonds. The SMILES string of the molecule is CCN(CC)CCN(C(=O)COc1ccc2ccccc2c1)c1nc2ccc(F)cc2s1. The van der Waals surface area contributed by atoms with Crippen molar-refractivity contribution in [2.24, 2.45) is 0 Å². The lowest BCUT2D eigenvalue weighted by atomic mass is 10.1. The minimum atomic E-state index is -0.312. The van der Waals surface area contributed by atoms with E-state index >= 15 is 0 Å². The molecule has 0 unspecified atom stereocenters. The Hall–Kier alpha value is -3.03. The predicted molar refractivity (Wildman–Crippen MR) is 129 cm³/mol. The number of carbonyl (C=O) groups excluding carboxylic acids is 1. The molecule has 0 bridgehead atoms. The number of thiazole rings is 1. The molecule has 166 valence electrons. The lowest BCUT2D eigenvalue weighted by Crippen LogP contribution is -2.41. The van der Waals surface area contributed by atoms with Crippen LogP contribution < -0.4 is 9.64 Å². The number of halogens is 1. The largest absolute Gasteiger partial charge is 0.484 e. The maximum Gasteiger partial charge on any atom is 0.266 e. The molecule has 0 fully saturated rings. The first-order valence-electron chi connectivity index (χ1n) is 10.8. The molecule has 7 heteroatoms. The van der Waals surface area contributed by atoms with Crippen LogP contribution in [0.5, 0.6) is 5.75 Å². The number of hydrogen-bond donors (Lipinski definition) is 0. The fourth-order valence-corrected chi connectivity index (χ4v) is 4.62. The molecule has 0 N–H and O–H groups in total. The average Bonchev–Trinajstić information content (AvgIpc) is 3.23. The van der Waals surface area contributed by atoms with Gasteiger partial charge in [0.15, 0.2) is 11.7 Å². The van der Waals surface area contributed by atoms with Crippen LogP contribution in [0.2, 0.25) is 0 Å². The summed E-state index contributed by atoms with van der Waals surface area (Å²) in [4.78, 5) is 21.7. The molecule has 5 nitrogen and oxygen atoms in total. The van der Waals surface area contributed by atoms with Gasteiger partial charge in [-0.2, -0.15) is 0 Å². The Bertz CT molecular complexity index is 1220. The highest BCUT2D eigenvalue weighted by molar-refractivity contribution is 7.22. The van der Waals surface area contributed by atoms with E-state index in [1.165, 1.54) is 23.5 Å². The zero-order chi connectivity index (χ0) is 22.5. The highest BCUT2D eigenvalue weighted by Gasteiger charge is 2.21. The monoisotopic (exact) mass is 451 g/mol. The number of benzene rings is 3. The number of carbonyl (C=O) groups is 1. The zero-order valence-corrected chi connectivity index (χ0v) is 19.1. The normalized spacial score (nSPS) is 11.4. The predicted octanol–water partition coefficient (Wildman–Crippen LogP) is 5.34. The summed E-state index contributed by atoms with van der Waals surface area (Å²) in [6.07, 6.45) is 0. The van der Waals surface area contributed by atoms with E-state index < -0.39 is 0 Å². The molecule has 0 radical (unpaired) electrons. The van der Waals surface area contributed by atoms with Crippen LogP contribution in [-0.2, 0) is 4.79 Å². The fourth-order valence-electron chi connectivity index (χ4n) is 3.59. The molecular weight excluding hydrogens is 425 g/mol. The van der Waals surface area contributed by atoms with Gasteiger partial charge in [0, 0.05) is 13.1 Å². The van der Waals surface area contributed by atoms with Gasteiger partial charge < -0.3 is 9.64 Å². The van der Waals surface area contributed by atoms with Gasteiger partial charge in [-0.25, -0.2) is 9.37 Å². The summed E-state index contributed by atoms with van der Waals surface area (Å²) in [6.45, 7) is 7.11. The van der Waals surface area contributed by atoms with Crippen molar-refractivity contribution in [3.63, 3.8) is 0 Å². The van der Waals surface area contributed by atoms with E-state index in [4.69, 9.17) is 4.74 Å². The van der Waals surface area contributed by atoms with Gasteiger partial charge in [-0.3, -0.25) is 9.69 Å². The van der Waals surface area contributed by atoms with Crippen LogP contribution >= 0.6 is 11.3 Å². The summed E-state index contributed by atoms with van der Waals surface area (Å²) >= 11 is 1.32. The van der Waals surface area contributed by atoms with E-state index in [0.717, 1.165) is 35.1 Å². The summed E-state index contributed by atoms with van der Waals surface area (Å²) in [7, 11) is 0. The molecule has 0 saturated carbocycles. The Balaban J connectivity index is 1.53. The van der Waals surface area contributed by atoms with Gasteiger partial charge in [0.05, 0.1) is 10.2 Å². The van der Waals surface area contributed by atoms with Crippen LogP contribution in [0.4, 0.5) is 9.52 Å². The van der Waals surface area contributed by atoms with E-state index in [1.54, 1.807) is 11.0 Å². The maximum atomic E-state index is 13.6. The summed E-state index contributed by atoms with van der Waals surface area (Å²) < 4.78 is 20.2. The zero-order valence-electron chi connectivity index (χ0n) is 18.3. The Kier molecular flexibility index (Phi) is 6.97. The quantitative estimate of drug-likeness (QED) is 0.345. The van der Waals surface area contributed by atoms with Gasteiger partial charge in [-0.1, -0.05) is 55.5 Å². The number of anilines is 1. The van der Waals surface area contributed by atoms with Crippen LogP contribution in [0.25, 0.3) is 21.0 Å². The molecule has 3 aromatic carbocycles. The topological polar surface area (TPSA) is 45.7 Å². The second-order valence-corrected chi connectivity index (χ2v) is 8.49. The minimum absolute atomic E-state index is 0.0964.